The molecule has 2 unspecified atom stereocenters. The predicted molar refractivity (Wildman–Crippen MR) is 294 cm³/mol. The molecule has 1 saturated carbocycles. The van der Waals surface area contributed by atoms with Crippen molar-refractivity contribution in [3.05, 3.63) is 136 Å². The van der Waals surface area contributed by atoms with Crippen LogP contribution in [0.5, 0.6) is 0 Å². The first-order valence-electron chi connectivity index (χ1n) is 26.3. The van der Waals surface area contributed by atoms with Gasteiger partial charge < -0.3 is 59.8 Å². The van der Waals surface area contributed by atoms with E-state index in [1.807, 2.05) is 34.1 Å². The average molecular weight is 1120 g/mol. The molecule has 0 bridgehead atoms. The minimum Gasteiger partial charge on any atom is -0.377 e. The van der Waals surface area contributed by atoms with Crippen LogP contribution in [0.25, 0.3) is 0 Å². The molecule has 76 heavy (non-hydrogen) atoms. The van der Waals surface area contributed by atoms with Crippen molar-refractivity contribution in [2.24, 2.45) is 0 Å². The number of halogens is 4. The smallest absolute Gasteiger partial charge is 0.315 e. The summed E-state index contributed by atoms with van der Waals surface area (Å²) >= 11 is 26.0. The van der Waals surface area contributed by atoms with Crippen molar-refractivity contribution in [2.75, 3.05) is 106 Å². The number of hydrogen-bond donors (Lipinski definition) is 4. The highest BCUT2D eigenvalue weighted by molar-refractivity contribution is 6.35. The van der Waals surface area contributed by atoms with E-state index >= 15 is 0 Å². The third-order valence-corrected chi connectivity index (χ3v) is 16.1. The molecular weight excluding hydrogens is 1050 g/mol. The van der Waals surface area contributed by atoms with Crippen LogP contribution in [0.15, 0.2) is 60.7 Å². The van der Waals surface area contributed by atoms with Crippen molar-refractivity contribution >= 4 is 70.3 Å². The van der Waals surface area contributed by atoms with E-state index in [1.165, 1.54) is 0 Å². The lowest BCUT2D eigenvalue weighted by atomic mass is 9.84. The van der Waals surface area contributed by atoms with Crippen molar-refractivity contribution in [1.82, 2.24) is 40.9 Å². The fourth-order valence-electron chi connectivity index (χ4n) is 11.1. The number of benzene rings is 4. The number of rotatable bonds is 22. The van der Waals surface area contributed by atoms with Gasteiger partial charge in [0.15, 0.2) is 0 Å². The average Bonchev–Trinajstić information content (AvgIpc) is 3.93. The second-order valence-electron chi connectivity index (χ2n) is 20.5. The number of likely N-dealkylation sites (N-methyl/N-ethyl adjacent to an activating group) is 2. The molecule has 5 aliphatic rings. The molecule has 4 aromatic rings. The lowest BCUT2D eigenvalue weighted by molar-refractivity contribution is 0.0376. The Kier molecular flexibility index (Phi) is 19.4. The Labute approximate surface area is 465 Å². The summed E-state index contributed by atoms with van der Waals surface area (Å²) < 4.78 is 22.9. The highest BCUT2D eigenvalue weighted by atomic mass is 35.5. The Balaban J connectivity index is 0.557. The number of amides is 6. The zero-order chi connectivity index (χ0) is 53.3. The maximum Gasteiger partial charge on any atom is 0.315 e. The largest absolute Gasteiger partial charge is 0.377 e. The number of fused-ring (bicyclic) bond motifs is 4. The molecule has 20 heteroatoms. The van der Waals surface area contributed by atoms with E-state index < -0.39 is 0 Å². The molecule has 6 amide bonds. The van der Waals surface area contributed by atoms with Crippen LogP contribution in [0.1, 0.15) is 103 Å². The molecule has 4 N–H and O–H groups in total. The van der Waals surface area contributed by atoms with Gasteiger partial charge >= 0.3 is 12.1 Å². The standard InChI is InChI=1S/C56H68Cl4N8O8/c1-65-31-47(45-25-39(57)27-51(59)49(45)33-65)35-3-5-37-29-67(53(69)43(37)23-35)13-17-75-21-19-73-15-11-61-55(71)63-41-7-9-42(10-8-41)64-56(72)62-12-16-74-20-22-76-18-14-68-30-38-6-4-36(24-44(38)54(68)70)48-32-66(2)34-50-46(48)26-40(58)28-52(50)60/h3-6,23-28,41-42,47-48H,7-22,29-34H2,1-2H3,(H2,61,63,71)(H2,62,64,72). The summed E-state index contributed by atoms with van der Waals surface area (Å²) in [6.45, 7) is 8.80. The van der Waals surface area contributed by atoms with E-state index in [2.05, 4.69) is 69.4 Å². The van der Waals surface area contributed by atoms with Crippen LogP contribution in [0.3, 0.4) is 0 Å². The van der Waals surface area contributed by atoms with Crippen molar-refractivity contribution in [3.63, 3.8) is 0 Å². The summed E-state index contributed by atoms with van der Waals surface area (Å²) in [5.74, 6) is 0.124. The van der Waals surface area contributed by atoms with Crippen molar-refractivity contribution in [1.29, 1.82) is 0 Å². The molecule has 2 atom stereocenters. The molecule has 4 aromatic carbocycles. The summed E-state index contributed by atoms with van der Waals surface area (Å²) in [5, 5.41) is 14.3. The van der Waals surface area contributed by atoms with Crippen LogP contribution in [-0.4, -0.2) is 162 Å². The Morgan fingerprint density at radius 1 is 0.526 bits per heavy atom. The van der Waals surface area contributed by atoms with Gasteiger partial charge in [-0.2, -0.15) is 0 Å². The van der Waals surface area contributed by atoms with E-state index in [0.717, 1.165) is 107 Å². The van der Waals surface area contributed by atoms with Crippen molar-refractivity contribution < 1.29 is 38.1 Å². The number of nitrogens with zero attached hydrogens (tertiary/aromatic N) is 4. The molecular formula is C56H68Cl4N8O8. The quantitative estimate of drug-likeness (QED) is 0.0566. The van der Waals surface area contributed by atoms with Crippen LogP contribution in [0.4, 0.5) is 9.59 Å². The molecule has 0 spiro atoms. The van der Waals surface area contributed by atoms with Gasteiger partial charge in [0.1, 0.15) is 0 Å². The molecule has 408 valence electrons. The van der Waals surface area contributed by atoms with Crippen LogP contribution >= 0.6 is 46.4 Å². The summed E-state index contributed by atoms with van der Waals surface area (Å²) in [5.41, 5.74) is 10.00. The topological polar surface area (TPSA) is 166 Å². The van der Waals surface area contributed by atoms with Crippen LogP contribution in [0, 0.1) is 0 Å². The van der Waals surface area contributed by atoms with Gasteiger partial charge in [0.05, 0.1) is 52.9 Å². The highest BCUT2D eigenvalue weighted by Crippen LogP contribution is 2.41. The van der Waals surface area contributed by atoms with Gasteiger partial charge in [-0.15, -0.1) is 0 Å². The summed E-state index contributed by atoms with van der Waals surface area (Å²) in [7, 11) is 4.15. The minimum atomic E-state index is -0.247. The lowest BCUT2D eigenvalue weighted by Gasteiger charge is -2.33. The van der Waals surface area contributed by atoms with Crippen molar-refractivity contribution in [2.45, 2.75) is 75.8 Å². The van der Waals surface area contributed by atoms with E-state index in [9.17, 15) is 19.2 Å². The third-order valence-electron chi connectivity index (χ3n) is 15.0. The number of carbonyl (C=O) groups is 4. The second kappa shape index (κ2) is 26.3. The maximum atomic E-state index is 13.4. The summed E-state index contributed by atoms with van der Waals surface area (Å²) in [6, 6.07) is 19.5. The fourth-order valence-corrected chi connectivity index (χ4v) is 12.3. The predicted octanol–water partition coefficient (Wildman–Crippen LogP) is 8.04. The van der Waals surface area contributed by atoms with Gasteiger partial charge in [0, 0.05) is 121 Å². The van der Waals surface area contributed by atoms with Gasteiger partial charge in [0.25, 0.3) is 11.8 Å². The third kappa shape index (κ3) is 14.1. The fraction of sp³-hybridized carbons (Fsp3) is 0.500. The van der Waals surface area contributed by atoms with Crippen LogP contribution in [-0.2, 0) is 45.1 Å². The monoisotopic (exact) mass is 1120 g/mol. The minimum absolute atomic E-state index is 0.00258. The summed E-state index contributed by atoms with van der Waals surface area (Å²) in [4.78, 5) is 60.0. The Bertz CT molecular complexity index is 2560. The van der Waals surface area contributed by atoms with Gasteiger partial charge in [-0.3, -0.25) is 9.59 Å². The second-order valence-corrected chi connectivity index (χ2v) is 22.2. The Hall–Kier alpha value is -4.72. The number of urea groups is 2. The van der Waals surface area contributed by atoms with E-state index in [-0.39, 0.29) is 47.8 Å². The number of ether oxygens (including phenoxy) is 4. The maximum absolute atomic E-state index is 13.4. The zero-order valence-corrected chi connectivity index (χ0v) is 46.2. The van der Waals surface area contributed by atoms with Gasteiger partial charge in [-0.1, -0.05) is 70.7 Å². The van der Waals surface area contributed by atoms with Crippen LogP contribution < -0.4 is 21.3 Å². The number of nitrogens with one attached hydrogen (secondary N) is 4. The highest BCUT2D eigenvalue weighted by Gasteiger charge is 2.34. The van der Waals surface area contributed by atoms with Crippen molar-refractivity contribution in [3.8, 4) is 0 Å². The normalized spacial score (nSPS) is 20.3. The number of hydrogen-bond acceptors (Lipinski definition) is 10. The van der Waals surface area contributed by atoms with Gasteiger partial charge in [-0.25, -0.2) is 9.59 Å². The first-order chi connectivity index (χ1) is 36.8. The number of carbonyl (C=O) groups excluding carboxylic acids is 4. The molecule has 0 aromatic heterocycles. The molecule has 9 rings (SSSR count). The summed E-state index contributed by atoms with van der Waals surface area (Å²) in [6.07, 6.45) is 3.02. The molecule has 1 aliphatic carbocycles. The molecule has 16 nitrogen and oxygen atoms in total. The van der Waals surface area contributed by atoms with Crippen LogP contribution in [0.2, 0.25) is 20.1 Å². The molecule has 0 saturated heterocycles. The molecule has 1 fully saturated rings. The SMILES string of the molecule is CN1Cc2c(Cl)cc(Cl)cc2C(c2ccc3c(c2)C(=O)N(CCOCCOCCNC(=O)NC2CCC(NC(=O)NCCOCCOCCN4Cc5ccc(C6CN(C)Cc7c(Cl)cc(Cl)cc76)cc5C4=O)CC2)C3)C1. The molecule has 4 heterocycles. The van der Waals surface area contributed by atoms with E-state index in [1.54, 1.807) is 12.1 Å². The van der Waals surface area contributed by atoms with Gasteiger partial charge in [-0.05, 0) is 121 Å². The van der Waals surface area contributed by atoms with E-state index in [4.69, 9.17) is 65.4 Å². The Morgan fingerprint density at radius 3 is 1.33 bits per heavy atom. The zero-order valence-electron chi connectivity index (χ0n) is 43.2. The first-order valence-corrected chi connectivity index (χ1v) is 27.9. The lowest BCUT2D eigenvalue weighted by Crippen LogP contribution is -2.49. The van der Waals surface area contributed by atoms with Gasteiger partial charge in [0.2, 0.25) is 0 Å². The van der Waals surface area contributed by atoms with E-state index in [0.29, 0.717) is 112 Å². The molecule has 4 aliphatic heterocycles. The Morgan fingerprint density at radius 2 is 0.921 bits per heavy atom. The first kappa shape index (κ1) is 56.0. The molecule has 0 radical (unpaired) electrons.